The smallest absolute Gasteiger partial charge is 0.165 e. The Hall–Kier alpha value is -2.67. The number of nitrogens with zero attached hydrogens (tertiary/aromatic N) is 4. The summed E-state index contributed by atoms with van der Waals surface area (Å²) in [6.07, 6.45) is 7.37. The predicted molar refractivity (Wildman–Crippen MR) is 108 cm³/mol. The Labute approximate surface area is 164 Å². The minimum absolute atomic E-state index is 0.326. The second kappa shape index (κ2) is 8.56. The monoisotopic (exact) mass is 383 g/mol. The third-order valence-corrected chi connectivity index (χ3v) is 5.03. The number of fused-ring (bicyclic) bond motifs is 1. The van der Waals surface area contributed by atoms with Gasteiger partial charge in [-0.25, -0.2) is 13.9 Å². The molecule has 3 heterocycles. The molecule has 2 aromatic heterocycles. The van der Waals surface area contributed by atoms with Gasteiger partial charge in [0, 0.05) is 30.9 Å². The Morgan fingerprint density at radius 1 is 1.18 bits per heavy atom. The van der Waals surface area contributed by atoms with Crippen molar-refractivity contribution >= 4 is 11.5 Å². The number of ether oxygens (including phenoxy) is 1. The van der Waals surface area contributed by atoms with Gasteiger partial charge in [-0.15, -0.1) is 0 Å². The van der Waals surface area contributed by atoms with Crippen LogP contribution in [0.15, 0.2) is 36.7 Å². The van der Waals surface area contributed by atoms with Crippen molar-refractivity contribution in [1.82, 2.24) is 19.5 Å². The Morgan fingerprint density at radius 2 is 2.04 bits per heavy atom. The molecule has 1 aliphatic heterocycles. The van der Waals surface area contributed by atoms with E-state index in [2.05, 4.69) is 20.3 Å². The lowest BCUT2D eigenvalue weighted by Crippen LogP contribution is -2.33. The molecular formula is C21H26FN5O. The summed E-state index contributed by atoms with van der Waals surface area (Å²) in [6, 6.07) is 6.66. The highest BCUT2D eigenvalue weighted by molar-refractivity contribution is 5.78. The van der Waals surface area contributed by atoms with Gasteiger partial charge >= 0.3 is 0 Å². The quantitative estimate of drug-likeness (QED) is 0.672. The highest BCUT2D eigenvalue weighted by atomic mass is 19.1. The second-order valence-electron chi connectivity index (χ2n) is 7.10. The van der Waals surface area contributed by atoms with Gasteiger partial charge in [0.15, 0.2) is 5.65 Å². The Morgan fingerprint density at radius 3 is 2.86 bits per heavy atom. The zero-order valence-electron chi connectivity index (χ0n) is 16.2. The fraction of sp³-hybridized carbons (Fsp3) is 0.429. The minimum atomic E-state index is -0.326. The van der Waals surface area contributed by atoms with Crippen LogP contribution in [0.4, 0.5) is 10.2 Å². The lowest BCUT2D eigenvalue weighted by Gasteiger charge is -2.26. The van der Waals surface area contributed by atoms with E-state index in [1.807, 2.05) is 25.3 Å². The van der Waals surface area contributed by atoms with Crippen LogP contribution in [0, 0.1) is 5.82 Å². The molecule has 0 spiro atoms. The van der Waals surface area contributed by atoms with E-state index in [0.717, 1.165) is 37.6 Å². The SMILES string of the molecule is CCNc1ccn2ncc(-c3cc(F)cc(OCCN4CCCCC4)c3)c2n1. The first-order valence-corrected chi connectivity index (χ1v) is 9.97. The molecule has 3 aromatic rings. The summed E-state index contributed by atoms with van der Waals surface area (Å²) >= 11 is 0. The summed E-state index contributed by atoms with van der Waals surface area (Å²) in [5, 5.41) is 7.53. The van der Waals surface area contributed by atoms with Crippen molar-refractivity contribution in [3.63, 3.8) is 0 Å². The van der Waals surface area contributed by atoms with E-state index in [0.29, 0.717) is 23.6 Å². The molecule has 1 fully saturated rings. The number of likely N-dealkylation sites (tertiary alicyclic amines) is 1. The molecule has 1 N–H and O–H groups in total. The van der Waals surface area contributed by atoms with Crippen molar-refractivity contribution < 1.29 is 9.13 Å². The molecule has 6 nitrogen and oxygen atoms in total. The molecule has 148 valence electrons. The van der Waals surface area contributed by atoms with Crippen molar-refractivity contribution in [3.8, 4) is 16.9 Å². The molecule has 4 rings (SSSR count). The number of anilines is 1. The summed E-state index contributed by atoms with van der Waals surface area (Å²) < 4.78 is 21.8. The van der Waals surface area contributed by atoms with E-state index < -0.39 is 0 Å². The third-order valence-electron chi connectivity index (χ3n) is 5.03. The van der Waals surface area contributed by atoms with Gasteiger partial charge in [-0.3, -0.25) is 4.90 Å². The third kappa shape index (κ3) is 4.25. The first kappa shape index (κ1) is 18.7. The van der Waals surface area contributed by atoms with Crippen LogP contribution in [-0.2, 0) is 0 Å². The first-order valence-electron chi connectivity index (χ1n) is 9.97. The number of piperidine rings is 1. The number of hydrogen-bond donors (Lipinski definition) is 1. The molecule has 0 radical (unpaired) electrons. The minimum Gasteiger partial charge on any atom is -0.492 e. The Balaban J connectivity index is 1.53. The molecule has 1 aliphatic rings. The van der Waals surface area contributed by atoms with E-state index in [-0.39, 0.29) is 5.82 Å². The van der Waals surface area contributed by atoms with E-state index in [9.17, 15) is 4.39 Å². The molecule has 28 heavy (non-hydrogen) atoms. The molecule has 0 bridgehead atoms. The van der Waals surface area contributed by atoms with Crippen molar-refractivity contribution in [3.05, 3.63) is 42.5 Å². The summed E-state index contributed by atoms with van der Waals surface area (Å²) in [4.78, 5) is 7.01. The lowest BCUT2D eigenvalue weighted by molar-refractivity contribution is 0.183. The highest BCUT2D eigenvalue weighted by Gasteiger charge is 2.13. The predicted octanol–water partition coefficient (Wildman–Crippen LogP) is 3.83. The van der Waals surface area contributed by atoms with Crippen molar-refractivity contribution in [2.45, 2.75) is 26.2 Å². The zero-order valence-corrected chi connectivity index (χ0v) is 16.2. The molecule has 0 unspecified atom stereocenters. The summed E-state index contributed by atoms with van der Waals surface area (Å²) in [7, 11) is 0. The maximum Gasteiger partial charge on any atom is 0.165 e. The standard InChI is InChI=1S/C21H26FN5O/c1-2-23-20-6-9-27-21(25-20)19(15-24-27)16-12-17(22)14-18(13-16)28-11-10-26-7-4-3-5-8-26/h6,9,12-15H,2-5,7-8,10-11H2,1H3,(H,23,25). The lowest BCUT2D eigenvalue weighted by atomic mass is 10.1. The second-order valence-corrected chi connectivity index (χ2v) is 7.10. The summed E-state index contributed by atoms with van der Waals surface area (Å²) in [6.45, 7) is 6.47. The molecule has 0 aliphatic carbocycles. The molecule has 0 atom stereocenters. The number of nitrogens with one attached hydrogen (secondary N) is 1. The van der Waals surface area contributed by atoms with E-state index in [1.165, 1.54) is 31.4 Å². The van der Waals surface area contributed by atoms with E-state index in [1.54, 1.807) is 10.7 Å². The summed E-state index contributed by atoms with van der Waals surface area (Å²) in [5.74, 6) is 0.980. The first-order chi connectivity index (χ1) is 13.7. The van der Waals surface area contributed by atoms with Gasteiger partial charge in [-0.1, -0.05) is 6.42 Å². The average Bonchev–Trinajstić information content (AvgIpc) is 3.12. The van der Waals surface area contributed by atoms with Crippen LogP contribution in [0.5, 0.6) is 5.75 Å². The normalized spacial score (nSPS) is 15.1. The van der Waals surface area contributed by atoms with E-state index in [4.69, 9.17) is 4.74 Å². The summed E-state index contributed by atoms with van der Waals surface area (Å²) in [5.41, 5.74) is 2.17. The van der Waals surface area contributed by atoms with Crippen LogP contribution in [-0.4, -0.2) is 52.3 Å². The van der Waals surface area contributed by atoms with Crippen LogP contribution in [0.1, 0.15) is 26.2 Å². The molecule has 1 aromatic carbocycles. The molecule has 7 heteroatoms. The number of hydrogen-bond acceptors (Lipinski definition) is 5. The maximum absolute atomic E-state index is 14.3. The zero-order chi connectivity index (χ0) is 19.3. The number of halogens is 1. The van der Waals surface area contributed by atoms with Gasteiger partial charge in [-0.2, -0.15) is 5.10 Å². The van der Waals surface area contributed by atoms with Gasteiger partial charge < -0.3 is 10.1 Å². The van der Waals surface area contributed by atoms with Gasteiger partial charge in [-0.05, 0) is 56.6 Å². The highest BCUT2D eigenvalue weighted by Crippen LogP contribution is 2.28. The number of aromatic nitrogens is 3. The largest absolute Gasteiger partial charge is 0.492 e. The topological polar surface area (TPSA) is 54.7 Å². The molecular weight excluding hydrogens is 357 g/mol. The van der Waals surface area contributed by atoms with Crippen molar-refractivity contribution in [2.24, 2.45) is 0 Å². The van der Waals surface area contributed by atoms with Crippen LogP contribution >= 0.6 is 0 Å². The van der Waals surface area contributed by atoms with Crippen molar-refractivity contribution in [1.29, 1.82) is 0 Å². The Kier molecular flexibility index (Phi) is 5.71. The fourth-order valence-corrected chi connectivity index (χ4v) is 3.63. The van der Waals surface area contributed by atoms with Crippen LogP contribution in [0.3, 0.4) is 0 Å². The van der Waals surface area contributed by atoms with Gasteiger partial charge in [0.05, 0.1) is 6.20 Å². The average molecular weight is 383 g/mol. The maximum atomic E-state index is 14.3. The van der Waals surface area contributed by atoms with Crippen molar-refractivity contribution in [2.75, 3.05) is 38.1 Å². The van der Waals surface area contributed by atoms with E-state index >= 15 is 0 Å². The van der Waals surface area contributed by atoms with Gasteiger partial charge in [0.25, 0.3) is 0 Å². The van der Waals surface area contributed by atoms with Crippen LogP contribution < -0.4 is 10.1 Å². The number of rotatable bonds is 7. The van der Waals surface area contributed by atoms with Gasteiger partial charge in [0.1, 0.15) is 24.0 Å². The fourth-order valence-electron chi connectivity index (χ4n) is 3.63. The molecule has 0 saturated carbocycles. The van der Waals surface area contributed by atoms with Crippen LogP contribution in [0.25, 0.3) is 16.8 Å². The Bertz CT molecular complexity index is 936. The van der Waals surface area contributed by atoms with Crippen LogP contribution in [0.2, 0.25) is 0 Å². The number of benzene rings is 1. The molecule has 0 amide bonds. The molecule has 1 saturated heterocycles. The van der Waals surface area contributed by atoms with Gasteiger partial charge in [0.2, 0.25) is 0 Å².